The van der Waals surface area contributed by atoms with Crippen LogP contribution in [0.2, 0.25) is 0 Å². The van der Waals surface area contributed by atoms with E-state index in [1.165, 1.54) is 55.8 Å². The molecule has 2 atom stereocenters. The third-order valence-corrected chi connectivity index (χ3v) is 7.60. The van der Waals surface area contributed by atoms with Gasteiger partial charge in [-0.3, -0.25) is 0 Å². The van der Waals surface area contributed by atoms with Gasteiger partial charge in [-0.25, -0.2) is 0 Å². The second-order valence-corrected chi connectivity index (χ2v) is 9.79. The molecule has 0 heterocycles. The minimum atomic E-state index is 0.151. The van der Waals surface area contributed by atoms with Crippen LogP contribution in [0.5, 0.6) is 0 Å². The topological polar surface area (TPSA) is 0 Å². The molecule has 0 saturated heterocycles. The fraction of sp³-hybridized carbons (Fsp3) is 0.647. The Morgan fingerprint density at radius 3 is 2.53 bits per heavy atom. The average Bonchev–Trinajstić information content (AvgIpc) is 3.05. The van der Waals surface area contributed by atoms with E-state index in [-0.39, 0.29) is 3.77 Å². The number of hydrogen-bond acceptors (Lipinski definition) is 0. The Balaban J connectivity index is 1.60. The Morgan fingerprint density at radius 2 is 1.79 bits per heavy atom. The molecule has 0 N–H and O–H groups in total. The third-order valence-electron chi connectivity index (χ3n) is 3.91. The summed E-state index contributed by atoms with van der Waals surface area (Å²) in [5, 5.41) is 0. The first-order valence-electron chi connectivity index (χ1n) is 7.67. The van der Waals surface area contributed by atoms with Crippen LogP contribution in [0.1, 0.15) is 58.3 Å². The van der Waals surface area contributed by atoms with Gasteiger partial charge in [-0.2, -0.15) is 0 Å². The Kier molecular flexibility index (Phi) is 6.26. The van der Waals surface area contributed by atoms with E-state index in [9.17, 15) is 0 Å². The first-order chi connectivity index (χ1) is 9.24. The fourth-order valence-electron chi connectivity index (χ4n) is 2.58. The predicted molar refractivity (Wildman–Crippen MR) is 86.5 cm³/mol. The quantitative estimate of drug-likeness (QED) is 0.346. The summed E-state index contributed by atoms with van der Waals surface area (Å²) in [6.45, 7) is 2.28. The molecule has 2 heteroatoms. The van der Waals surface area contributed by atoms with Gasteiger partial charge >= 0.3 is 129 Å². The van der Waals surface area contributed by atoms with Crippen molar-refractivity contribution in [1.29, 1.82) is 0 Å². The Labute approximate surface area is 129 Å². The molecule has 0 spiro atoms. The number of benzene rings is 1. The van der Waals surface area contributed by atoms with Crippen molar-refractivity contribution >= 4 is 31.0 Å². The zero-order valence-electron chi connectivity index (χ0n) is 11.9. The van der Waals surface area contributed by atoms with Gasteiger partial charge in [-0.1, -0.05) is 0 Å². The van der Waals surface area contributed by atoms with Gasteiger partial charge in [0.2, 0.25) is 0 Å². The van der Waals surface area contributed by atoms with Crippen LogP contribution in [-0.2, 0) is 0 Å². The summed E-state index contributed by atoms with van der Waals surface area (Å²) in [7, 11) is 0. The Bertz CT molecular complexity index is 365. The summed E-state index contributed by atoms with van der Waals surface area (Å²) < 4.78 is 1.60. The van der Waals surface area contributed by atoms with Gasteiger partial charge in [0.25, 0.3) is 0 Å². The van der Waals surface area contributed by atoms with E-state index in [1.807, 2.05) is 0 Å². The molecule has 19 heavy (non-hydrogen) atoms. The van der Waals surface area contributed by atoms with E-state index in [4.69, 9.17) is 11.6 Å². The molecular weight excluding hydrogens is 319 g/mol. The first-order valence-corrected chi connectivity index (χ1v) is 9.76. The molecule has 2 rings (SSSR count). The van der Waals surface area contributed by atoms with Crippen LogP contribution in [0, 0.1) is 5.92 Å². The summed E-state index contributed by atoms with van der Waals surface area (Å²) in [5.74, 6) is 0.792. The second kappa shape index (κ2) is 7.72. The number of hydrogen-bond donors (Lipinski definition) is 0. The number of halogens is 1. The molecule has 0 amide bonds. The van der Waals surface area contributed by atoms with Gasteiger partial charge in [0.15, 0.2) is 0 Å². The van der Waals surface area contributed by atoms with E-state index in [2.05, 4.69) is 37.3 Å². The molecule has 0 bridgehead atoms. The number of alkyl halides is 1. The van der Waals surface area contributed by atoms with Crippen molar-refractivity contribution in [3.63, 3.8) is 0 Å². The van der Waals surface area contributed by atoms with Crippen LogP contribution in [0.25, 0.3) is 0 Å². The van der Waals surface area contributed by atoms with Crippen molar-refractivity contribution in [2.45, 2.75) is 62.1 Å². The van der Waals surface area contributed by atoms with E-state index >= 15 is 0 Å². The van der Waals surface area contributed by atoms with E-state index in [0.29, 0.717) is 15.0 Å². The van der Waals surface area contributed by atoms with Gasteiger partial charge < -0.3 is 0 Å². The van der Waals surface area contributed by atoms with Crippen LogP contribution >= 0.6 is 11.6 Å². The fourth-order valence-corrected chi connectivity index (χ4v) is 5.96. The molecular formula is C17H25ClSe. The van der Waals surface area contributed by atoms with Crippen molar-refractivity contribution in [2.24, 2.45) is 5.92 Å². The second-order valence-electron chi connectivity index (χ2n) is 5.66. The molecule has 0 radical (unpaired) electrons. The summed E-state index contributed by atoms with van der Waals surface area (Å²) >= 11 is 7.18. The molecule has 106 valence electrons. The SMILES string of the molecule is CCCCCCCCC1CC1(Cl)[Se]c1ccccc1. The molecule has 0 aromatic heterocycles. The van der Waals surface area contributed by atoms with Crippen molar-refractivity contribution < 1.29 is 0 Å². The van der Waals surface area contributed by atoms with Crippen LogP contribution in [0.3, 0.4) is 0 Å². The van der Waals surface area contributed by atoms with Gasteiger partial charge in [0.05, 0.1) is 0 Å². The molecule has 2 unspecified atom stereocenters. The molecule has 1 aliphatic carbocycles. The molecule has 1 aliphatic rings. The average molecular weight is 344 g/mol. The maximum absolute atomic E-state index is 6.74. The van der Waals surface area contributed by atoms with Crippen LogP contribution in [0.4, 0.5) is 0 Å². The van der Waals surface area contributed by atoms with Crippen molar-refractivity contribution in [3.05, 3.63) is 30.3 Å². The zero-order chi connectivity index (χ0) is 13.6. The van der Waals surface area contributed by atoms with Crippen LogP contribution in [-0.4, -0.2) is 18.7 Å². The molecule has 1 aromatic rings. The molecule has 0 aliphatic heterocycles. The normalized spacial score (nSPS) is 25.5. The number of rotatable bonds is 9. The van der Waals surface area contributed by atoms with Crippen molar-refractivity contribution in [1.82, 2.24) is 0 Å². The van der Waals surface area contributed by atoms with Crippen LogP contribution in [0.15, 0.2) is 30.3 Å². The Hall–Kier alpha value is 0.0295. The van der Waals surface area contributed by atoms with E-state index < -0.39 is 0 Å². The molecule has 1 saturated carbocycles. The standard InChI is InChI=1S/C17H25ClSe/c1-2-3-4-5-6-8-11-15-14-17(15,18)19-16-12-9-7-10-13-16/h7,9-10,12-13,15H,2-6,8,11,14H2,1H3. The number of unbranched alkanes of at least 4 members (excludes halogenated alkanes) is 5. The third kappa shape index (κ3) is 5.14. The van der Waals surface area contributed by atoms with E-state index in [0.717, 1.165) is 5.92 Å². The molecule has 0 nitrogen and oxygen atoms in total. The predicted octanol–water partition coefficient (Wildman–Crippen LogP) is 4.72. The van der Waals surface area contributed by atoms with Crippen molar-refractivity contribution in [3.8, 4) is 0 Å². The summed E-state index contributed by atoms with van der Waals surface area (Å²) in [4.78, 5) is 0. The summed E-state index contributed by atoms with van der Waals surface area (Å²) in [5.41, 5.74) is 0. The summed E-state index contributed by atoms with van der Waals surface area (Å²) in [6.07, 6.45) is 11.0. The van der Waals surface area contributed by atoms with E-state index in [1.54, 1.807) is 0 Å². The zero-order valence-corrected chi connectivity index (χ0v) is 14.4. The van der Waals surface area contributed by atoms with Gasteiger partial charge in [-0.05, 0) is 0 Å². The van der Waals surface area contributed by atoms with Gasteiger partial charge in [0.1, 0.15) is 0 Å². The molecule has 1 aromatic carbocycles. The van der Waals surface area contributed by atoms with Crippen molar-refractivity contribution in [2.75, 3.05) is 0 Å². The summed E-state index contributed by atoms with van der Waals surface area (Å²) in [6, 6.07) is 10.8. The minimum absolute atomic E-state index is 0.151. The van der Waals surface area contributed by atoms with Gasteiger partial charge in [-0.15, -0.1) is 0 Å². The van der Waals surface area contributed by atoms with Gasteiger partial charge in [0, 0.05) is 0 Å². The maximum atomic E-state index is 6.74. The Morgan fingerprint density at radius 1 is 1.11 bits per heavy atom. The van der Waals surface area contributed by atoms with Crippen LogP contribution < -0.4 is 4.46 Å². The molecule has 1 fully saturated rings. The monoisotopic (exact) mass is 344 g/mol. The first kappa shape index (κ1) is 15.4.